The van der Waals surface area contributed by atoms with Crippen molar-refractivity contribution in [3.8, 4) is 22.5 Å². The number of anilines is 1. The van der Waals surface area contributed by atoms with E-state index in [2.05, 4.69) is 9.48 Å². The third-order valence-electron chi connectivity index (χ3n) is 7.22. The topological polar surface area (TPSA) is 152 Å². The summed E-state index contributed by atoms with van der Waals surface area (Å²) in [6, 6.07) is 13.9. The van der Waals surface area contributed by atoms with Crippen LogP contribution in [0.15, 0.2) is 68.8 Å². The number of ether oxygens (including phenoxy) is 2. The maximum atomic E-state index is 12.4. The average Bonchev–Trinajstić information content (AvgIpc) is 2.95. The molecule has 0 radical (unpaired) electrons. The molecule has 0 unspecified atom stereocenters. The summed E-state index contributed by atoms with van der Waals surface area (Å²) in [6.07, 6.45) is 0. The predicted octanol–water partition coefficient (Wildman–Crippen LogP) is 1.65. The smallest absolute Gasteiger partial charge is 0.203 e. The second-order valence-electron chi connectivity index (χ2n) is 9.60. The number of morpholine rings is 2. The van der Waals surface area contributed by atoms with Gasteiger partial charge in [0, 0.05) is 53.0 Å². The highest BCUT2D eigenvalue weighted by molar-refractivity contribution is 7.86. The van der Waals surface area contributed by atoms with E-state index in [4.69, 9.17) is 13.9 Å². The lowest BCUT2D eigenvalue weighted by molar-refractivity contribution is 0.0965. The molecule has 0 aromatic heterocycles. The molecule has 3 heterocycles. The Hall–Kier alpha value is -3.33. The van der Waals surface area contributed by atoms with E-state index in [0.717, 1.165) is 17.1 Å². The minimum atomic E-state index is -5.18. The van der Waals surface area contributed by atoms with Gasteiger partial charge in [-0.1, -0.05) is 6.07 Å². The highest BCUT2D eigenvalue weighted by Crippen LogP contribution is 2.43. The summed E-state index contributed by atoms with van der Waals surface area (Å²) in [5.74, 6) is 0.445. The maximum Gasteiger partial charge on any atom is 0.203 e. The van der Waals surface area contributed by atoms with Gasteiger partial charge < -0.3 is 27.9 Å². The molecule has 2 fully saturated rings. The van der Waals surface area contributed by atoms with Crippen molar-refractivity contribution in [2.24, 2.45) is 0 Å². The van der Waals surface area contributed by atoms with Crippen LogP contribution in [0.2, 0.25) is 0 Å². The second-order valence-corrected chi connectivity index (χ2v) is 12.3. The van der Waals surface area contributed by atoms with Gasteiger partial charge in [0.05, 0.1) is 29.1 Å². The quantitative estimate of drug-likeness (QED) is 0.196. The van der Waals surface area contributed by atoms with E-state index >= 15 is 0 Å². The SMILES string of the molecule is O=S(=O)([O-])c1ccc(-c2c3ccc(=[N+]4CCOCC4)cc-3oc3cc(N4CCOCC4)ccc23)c(S(=O)(=O)[O-])c1. The zero-order valence-corrected chi connectivity index (χ0v) is 22.9. The summed E-state index contributed by atoms with van der Waals surface area (Å²) in [6.45, 7) is 5.10. The summed E-state index contributed by atoms with van der Waals surface area (Å²) in [4.78, 5) is 0.547. The van der Waals surface area contributed by atoms with Crippen LogP contribution in [0.1, 0.15) is 0 Å². The molecule has 0 saturated carbocycles. The number of rotatable bonds is 4. The molecule has 0 bridgehead atoms. The fraction of sp³-hybridized carbons (Fsp3) is 0.296. The number of benzene rings is 3. The van der Waals surface area contributed by atoms with Crippen LogP contribution in [0, 0.1) is 0 Å². The molecule has 210 valence electrons. The molecule has 2 aromatic carbocycles. The molecule has 11 nitrogen and oxygen atoms in total. The fourth-order valence-electron chi connectivity index (χ4n) is 5.27. The highest BCUT2D eigenvalue weighted by atomic mass is 32.2. The van der Waals surface area contributed by atoms with E-state index in [-0.39, 0.29) is 5.56 Å². The maximum absolute atomic E-state index is 12.4. The molecule has 0 amide bonds. The van der Waals surface area contributed by atoms with Crippen molar-refractivity contribution >= 4 is 36.9 Å². The second kappa shape index (κ2) is 10.3. The molecule has 0 atom stereocenters. The summed E-state index contributed by atoms with van der Waals surface area (Å²) in [5.41, 5.74) is 2.21. The monoisotopic (exact) mass is 585 g/mol. The first kappa shape index (κ1) is 26.9. The van der Waals surface area contributed by atoms with Crippen LogP contribution in [0.5, 0.6) is 0 Å². The minimum absolute atomic E-state index is 0.0218. The number of hydrogen-bond acceptors (Lipinski definition) is 10. The minimum Gasteiger partial charge on any atom is -0.744 e. The van der Waals surface area contributed by atoms with Gasteiger partial charge >= 0.3 is 0 Å². The first-order chi connectivity index (χ1) is 19.1. The molecule has 2 aromatic rings. The first-order valence-corrected chi connectivity index (χ1v) is 15.5. The molecule has 13 heteroatoms. The van der Waals surface area contributed by atoms with E-state index in [1.165, 1.54) is 6.07 Å². The van der Waals surface area contributed by atoms with Crippen molar-refractivity contribution in [3.63, 3.8) is 0 Å². The summed E-state index contributed by atoms with van der Waals surface area (Å²) in [7, 11) is -10.2. The predicted molar refractivity (Wildman–Crippen MR) is 143 cm³/mol. The zero-order chi connectivity index (χ0) is 28.1. The number of nitrogens with zero attached hydrogens (tertiary/aromatic N) is 2. The summed E-state index contributed by atoms with van der Waals surface area (Å²) < 4.78 is 91.6. The van der Waals surface area contributed by atoms with E-state index in [0.29, 0.717) is 86.5 Å². The van der Waals surface area contributed by atoms with Crippen LogP contribution in [0.4, 0.5) is 5.69 Å². The molecule has 6 rings (SSSR count). The molecule has 3 aliphatic heterocycles. The van der Waals surface area contributed by atoms with E-state index in [1.54, 1.807) is 12.1 Å². The Morgan fingerprint density at radius 1 is 0.750 bits per heavy atom. The third-order valence-corrected chi connectivity index (χ3v) is 8.93. The van der Waals surface area contributed by atoms with Gasteiger partial charge in [0.25, 0.3) is 0 Å². The molecule has 2 saturated heterocycles. The van der Waals surface area contributed by atoms with Crippen molar-refractivity contribution in [2.45, 2.75) is 9.79 Å². The average molecular weight is 586 g/mol. The van der Waals surface area contributed by atoms with E-state index < -0.39 is 30.0 Å². The normalized spacial score (nSPS) is 17.1. The Balaban J connectivity index is 1.67. The Morgan fingerprint density at radius 3 is 2.15 bits per heavy atom. The first-order valence-electron chi connectivity index (χ1n) is 12.6. The van der Waals surface area contributed by atoms with Crippen molar-refractivity contribution < 1.29 is 39.8 Å². The van der Waals surface area contributed by atoms with Crippen molar-refractivity contribution in [3.05, 3.63) is 60.0 Å². The van der Waals surface area contributed by atoms with Crippen molar-refractivity contribution in [2.75, 3.05) is 57.5 Å². The Bertz CT molecular complexity index is 1870. The van der Waals surface area contributed by atoms with Gasteiger partial charge in [-0.25, -0.2) is 21.4 Å². The lowest BCUT2D eigenvalue weighted by Gasteiger charge is -2.29. The van der Waals surface area contributed by atoms with Gasteiger partial charge in [-0.05, 0) is 30.3 Å². The standard InChI is InChI=1S/C27H26N2O9S2/c30-39(31,32)20-3-6-23(26(17-20)40(33,34)35)27-21-4-1-18(28-7-11-36-12-8-28)15-24(21)38-25-16-19(2-5-22(25)27)29-9-13-37-14-10-29/h1-6,15-17H,7-14H2,(H-,30,31,32,33,34,35)/p-1. The van der Waals surface area contributed by atoms with Gasteiger partial charge in [-0.2, -0.15) is 0 Å². The fourth-order valence-corrected chi connectivity index (χ4v) is 6.55. The van der Waals surface area contributed by atoms with E-state index in [9.17, 15) is 25.9 Å². The van der Waals surface area contributed by atoms with Crippen LogP contribution in [-0.2, 0) is 29.7 Å². The Labute approximate surface area is 230 Å². The molecule has 4 aliphatic rings. The lowest BCUT2D eigenvalue weighted by atomic mass is 9.93. The number of fused-ring (bicyclic) bond motifs is 2. The van der Waals surface area contributed by atoms with Crippen LogP contribution < -0.4 is 14.8 Å². The summed E-state index contributed by atoms with van der Waals surface area (Å²) >= 11 is 0. The Morgan fingerprint density at radius 2 is 1.45 bits per heavy atom. The van der Waals surface area contributed by atoms with Gasteiger partial charge in [0.1, 0.15) is 44.8 Å². The van der Waals surface area contributed by atoms with Crippen LogP contribution in [0.25, 0.3) is 33.4 Å². The van der Waals surface area contributed by atoms with Gasteiger partial charge in [0.15, 0.2) is 13.1 Å². The van der Waals surface area contributed by atoms with Gasteiger partial charge in [-0.15, -0.1) is 0 Å². The lowest BCUT2D eigenvalue weighted by Crippen LogP contribution is -2.39. The largest absolute Gasteiger partial charge is 0.744 e. The van der Waals surface area contributed by atoms with Gasteiger partial charge in [0.2, 0.25) is 5.36 Å². The molecule has 1 aliphatic carbocycles. The van der Waals surface area contributed by atoms with Gasteiger partial charge in [-0.3, -0.25) is 0 Å². The van der Waals surface area contributed by atoms with Crippen LogP contribution in [-0.4, -0.2) is 78.5 Å². The molecular weight excluding hydrogens is 560 g/mol. The molecule has 0 N–H and O–H groups in total. The molecule has 0 spiro atoms. The number of hydrogen-bond donors (Lipinski definition) is 0. The van der Waals surface area contributed by atoms with Crippen LogP contribution >= 0.6 is 0 Å². The Kier molecular flexibility index (Phi) is 6.89. The molecular formula is C27H25N2O9S2-. The van der Waals surface area contributed by atoms with Crippen LogP contribution in [0.3, 0.4) is 0 Å². The summed E-state index contributed by atoms with van der Waals surface area (Å²) in [5, 5.41) is 1.41. The van der Waals surface area contributed by atoms with E-state index in [1.807, 2.05) is 24.3 Å². The zero-order valence-electron chi connectivity index (χ0n) is 21.2. The van der Waals surface area contributed by atoms with Crippen molar-refractivity contribution in [1.82, 2.24) is 4.58 Å². The third kappa shape index (κ3) is 5.11. The highest BCUT2D eigenvalue weighted by Gasteiger charge is 2.24. The van der Waals surface area contributed by atoms with Crippen molar-refractivity contribution in [1.29, 1.82) is 0 Å². The molecule has 40 heavy (non-hydrogen) atoms.